The van der Waals surface area contributed by atoms with Crippen LogP contribution in [-0.4, -0.2) is 36.7 Å². The van der Waals surface area contributed by atoms with Gasteiger partial charge in [-0.05, 0) is 20.1 Å². The lowest BCUT2D eigenvalue weighted by Crippen LogP contribution is -2.20. The molecule has 0 aliphatic heterocycles. The normalized spacial score (nSPS) is 9.85. The molecule has 0 spiro atoms. The van der Waals surface area contributed by atoms with E-state index in [4.69, 9.17) is 4.74 Å². The Morgan fingerprint density at radius 3 is 2.38 bits per heavy atom. The summed E-state index contributed by atoms with van der Waals surface area (Å²) in [5.41, 5.74) is 0. The molecule has 0 heterocycles. The number of ether oxygens (including phenoxy) is 2. The molecule has 0 rings (SSSR count). The smallest absolute Gasteiger partial charge is 0.344 e. The zero-order chi connectivity index (χ0) is 10.3. The molecule has 0 radical (unpaired) electrons. The Morgan fingerprint density at radius 1 is 1.31 bits per heavy atom. The molecule has 0 aromatic rings. The minimum atomic E-state index is -0.510. The van der Waals surface area contributed by atoms with Gasteiger partial charge in [0.25, 0.3) is 0 Å². The minimum Gasteiger partial charge on any atom is -0.460 e. The Balaban J connectivity index is 3.52. The summed E-state index contributed by atoms with van der Waals surface area (Å²) < 4.78 is 9.37. The molecule has 0 N–H and O–H groups in total. The Kier molecular flexibility index (Phi) is 6.40. The monoisotopic (exact) mass is 206 g/mol. The van der Waals surface area contributed by atoms with Gasteiger partial charge in [0, 0.05) is 0 Å². The van der Waals surface area contributed by atoms with Crippen molar-refractivity contribution in [3.63, 3.8) is 0 Å². The quantitative estimate of drug-likeness (QED) is 0.624. The van der Waals surface area contributed by atoms with Crippen LogP contribution >= 0.6 is 11.8 Å². The summed E-state index contributed by atoms with van der Waals surface area (Å²) >= 11 is 1.35. The van der Waals surface area contributed by atoms with Crippen molar-refractivity contribution in [2.75, 3.05) is 18.6 Å². The second-order valence-corrected chi connectivity index (χ2v) is 3.50. The van der Waals surface area contributed by atoms with Gasteiger partial charge in [-0.2, -0.15) is 11.8 Å². The largest absolute Gasteiger partial charge is 0.460 e. The topological polar surface area (TPSA) is 52.6 Å². The SMILES string of the molecule is CSCC(=O)OCC(=O)OC(C)C. The number of thioether (sulfide) groups is 1. The maximum absolute atomic E-state index is 10.9. The Hall–Kier alpha value is -0.710. The van der Waals surface area contributed by atoms with Crippen LogP contribution in [-0.2, 0) is 19.1 Å². The highest BCUT2D eigenvalue weighted by molar-refractivity contribution is 7.99. The van der Waals surface area contributed by atoms with Gasteiger partial charge in [0.05, 0.1) is 11.9 Å². The van der Waals surface area contributed by atoms with Crippen molar-refractivity contribution in [1.82, 2.24) is 0 Å². The van der Waals surface area contributed by atoms with Crippen LogP contribution in [0.2, 0.25) is 0 Å². The molecule has 0 aromatic carbocycles. The van der Waals surface area contributed by atoms with Gasteiger partial charge in [0.15, 0.2) is 6.61 Å². The predicted octanol–water partition coefficient (Wildman–Crippen LogP) is 0.844. The average molecular weight is 206 g/mol. The third kappa shape index (κ3) is 7.64. The van der Waals surface area contributed by atoms with Crippen molar-refractivity contribution >= 4 is 23.7 Å². The summed E-state index contributed by atoms with van der Waals surface area (Å²) in [6, 6.07) is 0. The van der Waals surface area contributed by atoms with Crippen LogP contribution in [0.1, 0.15) is 13.8 Å². The van der Waals surface area contributed by atoms with Gasteiger partial charge >= 0.3 is 11.9 Å². The highest BCUT2D eigenvalue weighted by Gasteiger charge is 2.08. The van der Waals surface area contributed by atoms with Crippen LogP contribution in [0.3, 0.4) is 0 Å². The number of carbonyl (C=O) groups is 2. The zero-order valence-electron chi connectivity index (χ0n) is 8.03. The molecule has 0 unspecified atom stereocenters. The molecule has 0 amide bonds. The van der Waals surface area contributed by atoms with E-state index in [1.165, 1.54) is 11.8 Å². The van der Waals surface area contributed by atoms with E-state index in [0.717, 1.165) is 0 Å². The molecule has 0 bridgehead atoms. The Labute approximate surface area is 82.0 Å². The Morgan fingerprint density at radius 2 is 1.92 bits per heavy atom. The summed E-state index contributed by atoms with van der Waals surface area (Å²) in [5, 5.41) is 0. The van der Waals surface area contributed by atoms with Gasteiger partial charge in [-0.15, -0.1) is 0 Å². The number of hydrogen-bond acceptors (Lipinski definition) is 5. The number of carbonyl (C=O) groups excluding carboxylic acids is 2. The van der Waals surface area contributed by atoms with Crippen molar-refractivity contribution in [1.29, 1.82) is 0 Å². The summed E-state index contributed by atoms with van der Waals surface area (Å²) in [6.07, 6.45) is 1.61. The van der Waals surface area contributed by atoms with Crippen molar-refractivity contribution in [3.05, 3.63) is 0 Å². The predicted molar refractivity (Wildman–Crippen MR) is 50.6 cm³/mol. The average Bonchev–Trinajstić information content (AvgIpc) is 2.00. The van der Waals surface area contributed by atoms with Gasteiger partial charge in [-0.1, -0.05) is 0 Å². The minimum absolute atomic E-state index is 0.174. The molecule has 0 atom stereocenters. The van der Waals surface area contributed by atoms with Gasteiger partial charge in [-0.25, -0.2) is 4.79 Å². The second kappa shape index (κ2) is 6.77. The van der Waals surface area contributed by atoms with E-state index in [9.17, 15) is 9.59 Å². The first kappa shape index (κ1) is 12.3. The van der Waals surface area contributed by atoms with Crippen molar-refractivity contribution < 1.29 is 19.1 Å². The number of rotatable bonds is 5. The van der Waals surface area contributed by atoms with Crippen LogP contribution in [0, 0.1) is 0 Å². The fourth-order valence-electron chi connectivity index (χ4n) is 0.596. The summed E-state index contributed by atoms with van der Waals surface area (Å²) in [6.45, 7) is 3.18. The zero-order valence-corrected chi connectivity index (χ0v) is 8.85. The highest BCUT2D eigenvalue weighted by atomic mass is 32.2. The van der Waals surface area contributed by atoms with Crippen LogP contribution in [0.15, 0.2) is 0 Å². The van der Waals surface area contributed by atoms with E-state index in [2.05, 4.69) is 4.74 Å². The lowest BCUT2D eigenvalue weighted by Gasteiger charge is -2.07. The summed E-state index contributed by atoms with van der Waals surface area (Å²) in [5.74, 6) is -0.646. The molecular formula is C8H14O4S. The summed E-state index contributed by atoms with van der Waals surface area (Å²) in [7, 11) is 0. The van der Waals surface area contributed by atoms with Crippen LogP contribution in [0.5, 0.6) is 0 Å². The molecule has 0 fully saturated rings. The maximum atomic E-state index is 10.9. The second-order valence-electron chi connectivity index (χ2n) is 2.63. The number of esters is 2. The Bertz CT molecular complexity index is 179. The maximum Gasteiger partial charge on any atom is 0.344 e. The van der Waals surface area contributed by atoms with Gasteiger partial charge in [0.1, 0.15) is 0 Å². The standard InChI is InChI=1S/C8H14O4S/c1-6(2)12-7(9)4-11-8(10)5-13-3/h6H,4-5H2,1-3H3. The highest BCUT2D eigenvalue weighted by Crippen LogP contribution is 1.94. The lowest BCUT2D eigenvalue weighted by molar-refractivity contribution is -0.159. The molecule has 4 nitrogen and oxygen atoms in total. The van der Waals surface area contributed by atoms with E-state index < -0.39 is 11.9 Å². The van der Waals surface area contributed by atoms with Crippen molar-refractivity contribution in [2.45, 2.75) is 20.0 Å². The third-order valence-corrected chi connectivity index (χ3v) is 1.50. The van der Waals surface area contributed by atoms with E-state index >= 15 is 0 Å². The molecule has 0 aromatic heterocycles. The first-order valence-electron chi connectivity index (χ1n) is 3.90. The molecule has 5 heteroatoms. The molecule has 0 aliphatic carbocycles. The van der Waals surface area contributed by atoms with Crippen LogP contribution in [0.25, 0.3) is 0 Å². The van der Waals surface area contributed by atoms with Crippen molar-refractivity contribution in [3.8, 4) is 0 Å². The molecular weight excluding hydrogens is 192 g/mol. The number of hydrogen-bond donors (Lipinski definition) is 0. The van der Waals surface area contributed by atoms with Crippen molar-refractivity contribution in [2.24, 2.45) is 0 Å². The molecule has 0 saturated carbocycles. The van der Waals surface area contributed by atoms with E-state index in [1.54, 1.807) is 20.1 Å². The van der Waals surface area contributed by atoms with E-state index in [1.807, 2.05) is 0 Å². The molecule has 0 saturated heterocycles. The van der Waals surface area contributed by atoms with Gasteiger partial charge < -0.3 is 9.47 Å². The molecule has 13 heavy (non-hydrogen) atoms. The first-order chi connectivity index (χ1) is 6.06. The first-order valence-corrected chi connectivity index (χ1v) is 5.29. The fraction of sp³-hybridized carbons (Fsp3) is 0.750. The molecule has 0 aliphatic rings. The summed E-state index contributed by atoms with van der Waals surface area (Å²) in [4.78, 5) is 21.6. The van der Waals surface area contributed by atoms with E-state index in [0.29, 0.717) is 0 Å². The third-order valence-electron chi connectivity index (χ3n) is 0.980. The van der Waals surface area contributed by atoms with Gasteiger partial charge in [0.2, 0.25) is 0 Å². The van der Waals surface area contributed by atoms with Crippen LogP contribution < -0.4 is 0 Å². The fourth-order valence-corrected chi connectivity index (χ4v) is 0.915. The van der Waals surface area contributed by atoms with E-state index in [-0.39, 0.29) is 18.5 Å². The van der Waals surface area contributed by atoms with Gasteiger partial charge in [-0.3, -0.25) is 4.79 Å². The molecule has 76 valence electrons. The van der Waals surface area contributed by atoms with Crippen LogP contribution in [0.4, 0.5) is 0 Å². The lowest BCUT2D eigenvalue weighted by atomic mass is 10.5.